The number of ether oxygens (including phenoxy) is 1. The minimum absolute atomic E-state index is 0.00262. The molecule has 0 radical (unpaired) electrons. The van der Waals surface area contributed by atoms with E-state index in [1.807, 2.05) is 0 Å². The largest absolute Gasteiger partial charge is 0.505 e. The first-order valence-electron chi connectivity index (χ1n) is 19.7. The molecule has 0 saturated heterocycles. The summed E-state index contributed by atoms with van der Waals surface area (Å²) in [5, 5.41) is 48.2. The molecular weight excluding hydrogens is 1170 g/mol. The Balaban J connectivity index is 1.31. The third-order valence-electron chi connectivity index (χ3n) is 9.94. The van der Waals surface area contributed by atoms with E-state index < -0.39 is 143 Å². The molecule has 7 aromatic rings. The fraction of sp³-hybridized carbons (Fsp3) is 0.135. The van der Waals surface area contributed by atoms with Crippen LogP contribution in [-0.2, 0) is 60.7 Å². The van der Waals surface area contributed by atoms with Crippen LogP contribution in [0.2, 0.25) is 5.02 Å². The van der Waals surface area contributed by atoms with Crippen molar-refractivity contribution >= 4 is 138 Å². The van der Waals surface area contributed by atoms with E-state index in [0.29, 0.717) is 28.9 Å². The Hall–Kier alpha value is -6.59. The van der Waals surface area contributed by atoms with Gasteiger partial charge < -0.3 is 14.9 Å². The van der Waals surface area contributed by atoms with Crippen molar-refractivity contribution in [3.63, 3.8) is 0 Å². The van der Waals surface area contributed by atoms with Gasteiger partial charge in [-0.3, -0.25) is 27.3 Å². The molecule has 0 spiro atoms. The second kappa shape index (κ2) is 20.2. The van der Waals surface area contributed by atoms with Crippen molar-refractivity contribution in [1.82, 2.24) is 14.8 Å². The number of hydrogen-bond acceptors (Lipinski definition) is 24. The molecule has 398 valence electrons. The summed E-state index contributed by atoms with van der Waals surface area (Å²) < 4.78 is 211. The summed E-state index contributed by atoms with van der Waals surface area (Å²) in [6, 6.07) is 8.59. The Labute approximate surface area is 430 Å². The van der Waals surface area contributed by atoms with E-state index in [4.69, 9.17) is 16.3 Å². The topological polar surface area (TPSA) is 481 Å². The van der Waals surface area contributed by atoms with Gasteiger partial charge in [-0.1, -0.05) is 22.9 Å². The van der Waals surface area contributed by atoms with Crippen LogP contribution in [0.3, 0.4) is 0 Å². The molecule has 2 heterocycles. The molecule has 38 heteroatoms. The van der Waals surface area contributed by atoms with Crippen LogP contribution in [0.15, 0.2) is 116 Å². The fourth-order valence-corrected chi connectivity index (χ4v) is 11.7. The maximum Gasteiger partial charge on any atom is 0.297 e. The average Bonchev–Trinajstić information content (AvgIpc) is 3.81. The van der Waals surface area contributed by atoms with Gasteiger partial charge in [0.05, 0.1) is 43.9 Å². The maximum atomic E-state index is 13.0. The molecule has 30 nitrogen and oxygen atoms in total. The highest BCUT2D eigenvalue weighted by molar-refractivity contribution is 7.87. The lowest BCUT2D eigenvalue weighted by molar-refractivity contribution is 0.317. The molecule has 0 aliphatic carbocycles. The van der Waals surface area contributed by atoms with Crippen LogP contribution >= 0.6 is 22.9 Å². The number of nitrogens with zero attached hydrogens (tertiary/aromatic N) is 9. The van der Waals surface area contributed by atoms with Gasteiger partial charge in [0.25, 0.3) is 60.7 Å². The number of aryl methyl sites for hydroxylation is 2. The van der Waals surface area contributed by atoms with E-state index in [2.05, 4.69) is 40.8 Å². The highest BCUT2D eigenvalue weighted by atomic mass is 35.5. The summed E-state index contributed by atoms with van der Waals surface area (Å²) in [4.78, 5) is -1.22. The summed E-state index contributed by atoms with van der Waals surface area (Å²) in [5.74, 6) is -3.26. The zero-order valence-corrected chi connectivity index (χ0v) is 43.5. The van der Waals surface area contributed by atoms with Crippen LogP contribution in [-0.4, -0.2) is 115 Å². The van der Waals surface area contributed by atoms with E-state index in [0.717, 1.165) is 29.5 Å². The molecule has 75 heavy (non-hydrogen) atoms. The molecule has 0 fully saturated rings. The van der Waals surface area contributed by atoms with Crippen molar-refractivity contribution in [2.45, 2.75) is 44.7 Å². The third-order valence-corrected chi connectivity index (χ3v) is 16.2. The van der Waals surface area contributed by atoms with Gasteiger partial charge >= 0.3 is 0 Å². The highest BCUT2D eigenvalue weighted by Gasteiger charge is 2.29. The maximum absolute atomic E-state index is 13.0. The van der Waals surface area contributed by atoms with Crippen LogP contribution in [0.5, 0.6) is 17.4 Å². The molecule has 0 saturated carbocycles. The predicted octanol–water partition coefficient (Wildman–Crippen LogP) is 7.45. The van der Waals surface area contributed by atoms with E-state index in [-0.39, 0.29) is 55.2 Å². The van der Waals surface area contributed by atoms with E-state index in [1.165, 1.54) is 32.0 Å². The lowest BCUT2D eigenvalue weighted by Crippen LogP contribution is -2.08. The number of aromatic hydroxyl groups is 2. The molecular formula is C37H30ClN9O21S7. The molecule has 7 rings (SSSR count). The van der Waals surface area contributed by atoms with Crippen LogP contribution in [0.4, 0.5) is 33.6 Å². The minimum Gasteiger partial charge on any atom is -0.505 e. The lowest BCUT2D eigenvalue weighted by Gasteiger charge is -2.13. The quantitative estimate of drug-likeness (QED) is 0.0249. The number of halogens is 1. The standard InChI is InChI=1S/C37H30ClN9O21S7/c1-16-8-26(27(68-6-3-7-70(50,51)52)15-25(16)41-45-37-39-32-28(69-37)9-18(38)10-29(32)73(59,60)61)42-44-33-30(74(62,63)64)14-23-22(34(33)48)4-5-24(35(23)75(65,66)67)40-43-31-17(2)46-47(36(31)49)19-11-20(71(53,54)55)13-21(12-19)72(56,57)58/h4-5,8-15,48-49H,3,6-7H2,1-2H3,(H,50,51,52)(H,53,54,55)(H,56,57,58)(H,59,60,61)(H,62,63,64)(H,65,66,67). The molecule has 8 N–H and O–H groups in total. The summed E-state index contributed by atoms with van der Waals surface area (Å²) >= 11 is 6.84. The predicted molar refractivity (Wildman–Crippen MR) is 260 cm³/mol. The van der Waals surface area contributed by atoms with Crippen LogP contribution in [0, 0.1) is 13.8 Å². The van der Waals surface area contributed by atoms with Crippen LogP contribution in [0.1, 0.15) is 17.7 Å². The van der Waals surface area contributed by atoms with Gasteiger partial charge in [0.1, 0.15) is 43.0 Å². The van der Waals surface area contributed by atoms with Crippen molar-refractivity contribution < 1.29 is 92.8 Å². The lowest BCUT2D eigenvalue weighted by atomic mass is 10.1. The Bertz CT molecular complexity index is 4320. The number of azo groups is 3. The van der Waals surface area contributed by atoms with Gasteiger partial charge in [-0.05, 0) is 80.4 Å². The van der Waals surface area contributed by atoms with E-state index in [1.54, 1.807) is 0 Å². The van der Waals surface area contributed by atoms with E-state index in [9.17, 15) is 88.0 Å². The second-order valence-electron chi connectivity index (χ2n) is 15.2. The van der Waals surface area contributed by atoms with Gasteiger partial charge in [-0.2, -0.15) is 60.3 Å². The van der Waals surface area contributed by atoms with Crippen molar-refractivity contribution in [2.75, 3.05) is 12.4 Å². The van der Waals surface area contributed by atoms with Crippen molar-refractivity contribution in [1.29, 1.82) is 0 Å². The monoisotopic (exact) mass is 1190 g/mol. The first-order chi connectivity index (χ1) is 34.5. The Kier molecular flexibility index (Phi) is 15.1. The summed E-state index contributed by atoms with van der Waals surface area (Å²) in [6.45, 7) is 2.20. The summed E-state index contributed by atoms with van der Waals surface area (Å²) in [5.41, 5.74) is -3.60. The van der Waals surface area contributed by atoms with Gasteiger partial charge in [0.2, 0.25) is 11.0 Å². The van der Waals surface area contributed by atoms with Crippen molar-refractivity contribution in [3.05, 3.63) is 76.9 Å². The normalized spacial score (nSPS) is 13.3. The second-order valence-corrected chi connectivity index (χ2v) is 25.2. The number of thiazole rings is 1. The van der Waals surface area contributed by atoms with E-state index >= 15 is 0 Å². The van der Waals surface area contributed by atoms with Gasteiger partial charge in [0, 0.05) is 21.9 Å². The summed E-state index contributed by atoms with van der Waals surface area (Å²) in [6.07, 6.45) is -0.306. The van der Waals surface area contributed by atoms with Crippen LogP contribution < -0.4 is 4.74 Å². The Morgan fingerprint density at radius 3 is 1.81 bits per heavy atom. The first kappa shape index (κ1) is 56.1. The van der Waals surface area contributed by atoms with Gasteiger partial charge in [-0.15, -0.1) is 30.7 Å². The molecule has 0 unspecified atom stereocenters. The molecule has 0 aliphatic rings. The number of benzene rings is 5. The minimum atomic E-state index is -5.55. The molecule has 0 atom stereocenters. The zero-order chi connectivity index (χ0) is 55.5. The molecule has 5 aromatic carbocycles. The number of phenols is 1. The number of hydrogen-bond donors (Lipinski definition) is 8. The van der Waals surface area contributed by atoms with Crippen LogP contribution in [0.25, 0.3) is 26.7 Å². The fourth-order valence-electron chi connectivity index (χ4n) is 6.69. The number of phenolic OH excluding ortho intramolecular Hbond substituents is 1. The van der Waals surface area contributed by atoms with Crippen molar-refractivity contribution in [2.24, 2.45) is 30.7 Å². The number of rotatable bonds is 17. The van der Waals surface area contributed by atoms with Gasteiger partial charge in [-0.25, -0.2) is 4.98 Å². The number of aromatic nitrogens is 3. The zero-order valence-electron chi connectivity index (χ0n) is 37.0. The third kappa shape index (κ3) is 12.6. The SMILES string of the molecule is Cc1cc(N=Nc2c(S(=O)(=O)O)cc3c(S(=O)(=O)O)c(N=Nc4c(C)nn(-c5cc(S(=O)(=O)O)cc(S(=O)(=O)O)c5)c4O)ccc3c2O)c(OCCCS(=O)(=O)O)cc1N=Nc1nc2c(S(=O)(=O)O)cc(Cl)cc2s1. The summed E-state index contributed by atoms with van der Waals surface area (Å²) in [7, 11) is -30.6. The molecule has 2 aromatic heterocycles. The molecule has 0 aliphatic heterocycles. The first-order valence-corrected chi connectivity index (χ1v) is 29.7. The molecule has 0 amide bonds. The highest BCUT2D eigenvalue weighted by Crippen LogP contribution is 2.47. The smallest absolute Gasteiger partial charge is 0.297 e. The Morgan fingerprint density at radius 2 is 1.23 bits per heavy atom. The van der Waals surface area contributed by atoms with Gasteiger partial charge in [0.15, 0.2) is 11.4 Å². The Morgan fingerprint density at radius 1 is 0.627 bits per heavy atom. The van der Waals surface area contributed by atoms with Crippen molar-refractivity contribution in [3.8, 4) is 23.1 Å². The average molecular weight is 1200 g/mol. The molecule has 0 bridgehead atoms. The number of fused-ring (bicyclic) bond motifs is 2.